The van der Waals surface area contributed by atoms with E-state index in [1.54, 1.807) is 0 Å². The van der Waals surface area contributed by atoms with Crippen LogP contribution in [0.4, 0.5) is 5.95 Å². The van der Waals surface area contributed by atoms with Crippen LogP contribution in [0.5, 0.6) is 0 Å². The second kappa shape index (κ2) is 16.6. The third-order valence-electron chi connectivity index (χ3n) is 9.43. The molecule has 0 aliphatic carbocycles. The number of para-hydroxylation sites is 1. The number of likely N-dealkylation sites (tertiary alicyclic amines) is 1. The van der Waals surface area contributed by atoms with Gasteiger partial charge in [0.05, 0.1) is 17.4 Å². The average molecular weight is 677 g/mol. The molecule has 1 N–H and O–H groups in total. The van der Waals surface area contributed by atoms with Gasteiger partial charge in [-0.25, -0.2) is 9.67 Å². The van der Waals surface area contributed by atoms with Gasteiger partial charge in [-0.1, -0.05) is 75.3 Å². The van der Waals surface area contributed by atoms with E-state index < -0.39 is 8.07 Å². The number of nitrogens with zero attached hydrogens (tertiary/aromatic N) is 5. The Labute approximate surface area is 292 Å². The van der Waals surface area contributed by atoms with Crippen molar-refractivity contribution in [1.29, 1.82) is 0 Å². The SMILES string of the molecule is C[Si](C)(C)CCOCn1ncc2cc(-c3cccc(C(=O)Nc4nc(CCCCCCN5CCCCC5)cn4-c4ccccc4)c3)ccc21. The van der Waals surface area contributed by atoms with Gasteiger partial charge in [0.1, 0.15) is 6.73 Å². The van der Waals surface area contributed by atoms with E-state index >= 15 is 0 Å². The van der Waals surface area contributed by atoms with Gasteiger partial charge in [0.2, 0.25) is 5.95 Å². The predicted molar refractivity (Wildman–Crippen MR) is 203 cm³/mol. The van der Waals surface area contributed by atoms with E-state index in [-0.39, 0.29) is 5.91 Å². The summed E-state index contributed by atoms with van der Waals surface area (Å²) in [6, 6.07) is 25.3. The lowest BCUT2D eigenvalue weighted by atomic mass is 10.0. The summed E-state index contributed by atoms with van der Waals surface area (Å²) in [6.07, 6.45) is 13.8. The molecule has 1 fully saturated rings. The van der Waals surface area contributed by atoms with Gasteiger partial charge < -0.3 is 9.64 Å². The maximum atomic E-state index is 13.7. The largest absolute Gasteiger partial charge is 0.360 e. The lowest BCUT2D eigenvalue weighted by Crippen LogP contribution is -2.30. The maximum Gasteiger partial charge on any atom is 0.258 e. The lowest BCUT2D eigenvalue weighted by molar-refractivity contribution is 0.0817. The second-order valence-electron chi connectivity index (χ2n) is 14.6. The van der Waals surface area contributed by atoms with Crippen LogP contribution in [-0.4, -0.2) is 64.5 Å². The summed E-state index contributed by atoms with van der Waals surface area (Å²) in [6.45, 7) is 12.0. The zero-order valence-corrected chi connectivity index (χ0v) is 30.5. The van der Waals surface area contributed by atoms with E-state index in [1.807, 2.05) is 70.0 Å². The van der Waals surface area contributed by atoms with Crippen molar-refractivity contribution in [3.63, 3.8) is 0 Å². The number of imidazole rings is 1. The summed E-state index contributed by atoms with van der Waals surface area (Å²) in [5.41, 5.74) is 5.60. The molecule has 9 heteroatoms. The molecule has 49 heavy (non-hydrogen) atoms. The molecule has 8 nitrogen and oxygen atoms in total. The van der Waals surface area contributed by atoms with E-state index in [0.717, 1.165) is 58.9 Å². The van der Waals surface area contributed by atoms with Crippen molar-refractivity contribution < 1.29 is 9.53 Å². The van der Waals surface area contributed by atoms with Crippen molar-refractivity contribution in [3.05, 3.63) is 96.4 Å². The molecule has 258 valence electrons. The zero-order chi connectivity index (χ0) is 34.1. The van der Waals surface area contributed by atoms with Crippen molar-refractivity contribution in [1.82, 2.24) is 24.2 Å². The third kappa shape index (κ3) is 9.77. The fourth-order valence-corrected chi connectivity index (χ4v) is 7.27. The zero-order valence-electron chi connectivity index (χ0n) is 29.5. The van der Waals surface area contributed by atoms with Crippen LogP contribution in [0.15, 0.2) is 85.2 Å². The molecule has 0 unspecified atom stereocenters. The number of fused-ring (bicyclic) bond motifs is 1. The highest BCUT2D eigenvalue weighted by atomic mass is 28.3. The first-order valence-corrected chi connectivity index (χ1v) is 21.8. The van der Waals surface area contributed by atoms with Crippen LogP contribution in [0, 0.1) is 0 Å². The van der Waals surface area contributed by atoms with Crippen molar-refractivity contribution in [2.45, 2.75) is 83.8 Å². The molecule has 6 rings (SSSR count). The quantitative estimate of drug-likeness (QED) is 0.0834. The van der Waals surface area contributed by atoms with Gasteiger partial charge >= 0.3 is 0 Å². The first-order valence-electron chi connectivity index (χ1n) is 18.1. The van der Waals surface area contributed by atoms with E-state index in [1.165, 1.54) is 58.2 Å². The molecule has 1 amide bonds. The number of piperidine rings is 1. The highest BCUT2D eigenvalue weighted by Crippen LogP contribution is 2.26. The Morgan fingerprint density at radius 3 is 2.49 bits per heavy atom. The van der Waals surface area contributed by atoms with Gasteiger partial charge in [0.25, 0.3) is 5.91 Å². The number of benzene rings is 3. The highest BCUT2D eigenvalue weighted by molar-refractivity contribution is 6.76. The molecule has 5 aromatic rings. The third-order valence-corrected chi connectivity index (χ3v) is 11.1. The molecule has 3 heterocycles. The Hall–Kier alpha value is -4.05. The maximum absolute atomic E-state index is 13.7. The van der Waals surface area contributed by atoms with Crippen LogP contribution in [-0.2, 0) is 17.9 Å². The van der Waals surface area contributed by atoms with Gasteiger partial charge in [0, 0.05) is 37.5 Å². The number of nitrogens with one attached hydrogen (secondary N) is 1. The number of aromatic nitrogens is 4. The van der Waals surface area contributed by atoms with Crippen LogP contribution in [0.25, 0.3) is 27.7 Å². The highest BCUT2D eigenvalue weighted by Gasteiger charge is 2.16. The molecule has 1 aliphatic rings. The molecule has 2 aromatic heterocycles. The molecule has 0 atom stereocenters. The average Bonchev–Trinajstić information content (AvgIpc) is 3.72. The van der Waals surface area contributed by atoms with Crippen molar-refractivity contribution in [2.75, 3.05) is 31.6 Å². The Balaban J connectivity index is 1.09. The molecular weight excluding hydrogens is 625 g/mol. The van der Waals surface area contributed by atoms with Crippen LogP contribution in [0.3, 0.4) is 0 Å². The van der Waals surface area contributed by atoms with Gasteiger partial charge in [0.15, 0.2) is 0 Å². The number of rotatable bonds is 16. The van der Waals surface area contributed by atoms with E-state index in [9.17, 15) is 4.79 Å². The summed E-state index contributed by atoms with van der Waals surface area (Å²) in [5, 5.41) is 8.73. The lowest BCUT2D eigenvalue weighted by Gasteiger charge is -2.26. The summed E-state index contributed by atoms with van der Waals surface area (Å²) in [5.74, 6) is 0.362. The minimum absolute atomic E-state index is 0.182. The van der Waals surface area contributed by atoms with E-state index in [2.05, 4.69) is 59.4 Å². The molecule has 1 saturated heterocycles. The number of amides is 1. The molecule has 0 bridgehead atoms. The van der Waals surface area contributed by atoms with Crippen molar-refractivity contribution >= 4 is 30.8 Å². The number of hydrogen-bond donors (Lipinski definition) is 1. The van der Waals surface area contributed by atoms with E-state index in [4.69, 9.17) is 9.72 Å². The van der Waals surface area contributed by atoms with Crippen molar-refractivity contribution in [3.8, 4) is 16.8 Å². The summed E-state index contributed by atoms with van der Waals surface area (Å²) in [7, 11) is -1.13. The molecule has 0 radical (unpaired) electrons. The van der Waals surface area contributed by atoms with E-state index in [0.29, 0.717) is 18.2 Å². The first kappa shape index (κ1) is 34.8. The minimum Gasteiger partial charge on any atom is -0.360 e. The van der Waals surface area contributed by atoms with Crippen LogP contribution >= 0.6 is 0 Å². The number of carbonyl (C=O) groups is 1. The normalized spacial score (nSPS) is 14.0. The van der Waals surface area contributed by atoms with Gasteiger partial charge in [-0.3, -0.25) is 14.7 Å². The van der Waals surface area contributed by atoms with Crippen LogP contribution < -0.4 is 5.32 Å². The molecule has 0 spiro atoms. The number of ether oxygens (including phenoxy) is 1. The molecule has 0 saturated carbocycles. The molecule has 3 aromatic carbocycles. The van der Waals surface area contributed by atoms with Crippen LogP contribution in [0.2, 0.25) is 25.7 Å². The minimum atomic E-state index is -1.13. The van der Waals surface area contributed by atoms with Crippen LogP contribution in [0.1, 0.15) is 61.0 Å². The monoisotopic (exact) mass is 676 g/mol. The molecular formula is C40H52N6O2Si. The number of carbonyl (C=O) groups excluding carboxylic acids is 1. The second-order valence-corrected chi connectivity index (χ2v) is 20.2. The number of unbranched alkanes of at least 4 members (excludes halogenated alkanes) is 3. The van der Waals surface area contributed by atoms with Crippen molar-refractivity contribution in [2.24, 2.45) is 0 Å². The fraction of sp³-hybridized carbons (Fsp3) is 0.425. The van der Waals surface area contributed by atoms with Gasteiger partial charge in [-0.05, 0) is 105 Å². The fourth-order valence-electron chi connectivity index (χ4n) is 6.51. The Morgan fingerprint density at radius 2 is 1.67 bits per heavy atom. The number of aryl methyl sites for hydroxylation is 1. The Kier molecular flexibility index (Phi) is 11.8. The summed E-state index contributed by atoms with van der Waals surface area (Å²) >= 11 is 0. The van der Waals surface area contributed by atoms with Gasteiger partial charge in [-0.2, -0.15) is 5.10 Å². The predicted octanol–water partition coefficient (Wildman–Crippen LogP) is 9.04. The smallest absolute Gasteiger partial charge is 0.258 e. The van der Waals surface area contributed by atoms with Gasteiger partial charge in [-0.15, -0.1) is 0 Å². The first-order chi connectivity index (χ1) is 23.8. The Bertz CT molecular complexity index is 1800. The summed E-state index contributed by atoms with van der Waals surface area (Å²) in [4.78, 5) is 21.2. The number of hydrogen-bond acceptors (Lipinski definition) is 5. The summed E-state index contributed by atoms with van der Waals surface area (Å²) < 4.78 is 9.84. The number of anilines is 1. The Morgan fingerprint density at radius 1 is 0.878 bits per heavy atom. The molecule has 1 aliphatic heterocycles. The standard InChI is InChI=1S/C40H52N6O2Si/c1-49(2,3)26-25-48-31-46-38-21-20-33(28-35(38)29-41-46)32-15-14-16-34(27-32)39(47)43-40-42-36(30-45(40)37-18-9-6-10-19-37)17-8-4-5-11-22-44-23-12-7-13-24-44/h6,9-10,14-16,18-21,27-30H,4-5,7-8,11-13,17,22-26,31H2,1-3H3,(H,42,43,47). The topological polar surface area (TPSA) is 77.2 Å².